The molecule has 1 nitrogen and oxygen atoms in total. The summed E-state index contributed by atoms with van der Waals surface area (Å²) >= 11 is 0. The van der Waals surface area contributed by atoms with Gasteiger partial charge in [0, 0.05) is 17.0 Å². The van der Waals surface area contributed by atoms with Crippen LogP contribution in [0.4, 0.5) is 0 Å². The Balaban J connectivity index is 1.17. The van der Waals surface area contributed by atoms with Gasteiger partial charge in [-0.1, -0.05) is 164 Å². The van der Waals surface area contributed by atoms with Crippen LogP contribution in [0, 0.1) is 0 Å². The van der Waals surface area contributed by atoms with E-state index in [9.17, 15) is 0 Å². The molecule has 0 spiro atoms. The van der Waals surface area contributed by atoms with Crippen molar-refractivity contribution in [2.24, 2.45) is 0 Å². The molecule has 230 valence electrons. The van der Waals surface area contributed by atoms with E-state index in [4.69, 9.17) is 4.74 Å². The molecule has 0 amide bonds. The summed E-state index contributed by atoms with van der Waals surface area (Å²) in [5.74, 6) is 1.27. The van der Waals surface area contributed by atoms with Gasteiger partial charge in [0.25, 0.3) is 0 Å². The fourth-order valence-electron chi connectivity index (χ4n) is 8.20. The minimum atomic E-state index is 0.0591. The highest BCUT2D eigenvalue weighted by atomic mass is 16.5. The summed E-state index contributed by atoms with van der Waals surface area (Å²) < 4.78 is 6.57. The molecule has 0 saturated carbocycles. The molecule has 0 N–H and O–H groups in total. The van der Waals surface area contributed by atoms with E-state index in [1.54, 1.807) is 0 Å². The van der Waals surface area contributed by atoms with Crippen LogP contribution in [0.1, 0.15) is 11.5 Å². The van der Waals surface area contributed by atoms with Crippen LogP contribution in [-0.2, 0) is 0 Å². The number of fused-ring (bicyclic) bond motifs is 6. The second kappa shape index (κ2) is 11.2. The summed E-state index contributed by atoms with van der Waals surface area (Å²) in [6.07, 6.45) is 8.71. The van der Waals surface area contributed by atoms with Crippen LogP contribution in [0.15, 0.2) is 182 Å². The smallest absolute Gasteiger partial charge is 0.132 e. The minimum Gasteiger partial charge on any atom is -0.484 e. The lowest BCUT2D eigenvalue weighted by atomic mass is 9.84. The Kier molecular flexibility index (Phi) is 6.38. The SMILES string of the molecule is C1=CC2Oc3c(-c4cccc(-c5c6ccccc6c(-c6cccc(-c7cccc8ccccc78)c6)c6ccccc56)c4)cccc3C2C=C1. The Bertz CT molecular complexity index is 2590. The summed E-state index contributed by atoms with van der Waals surface area (Å²) in [4.78, 5) is 0. The Morgan fingerprint density at radius 3 is 1.55 bits per heavy atom. The van der Waals surface area contributed by atoms with E-state index in [1.165, 1.54) is 76.8 Å². The van der Waals surface area contributed by atoms with Crippen LogP contribution in [-0.4, -0.2) is 6.10 Å². The number of hydrogen-bond donors (Lipinski definition) is 0. The third kappa shape index (κ3) is 4.47. The highest BCUT2D eigenvalue weighted by molar-refractivity contribution is 6.21. The van der Waals surface area contributed by atoms with E-state index in [-0.39, 0.29) is 12.0 Å². The minimum absolute atomic E-state index is 0.0591. The third-order valence-electron chi connectivity index (χ3n) is 10.4. The fourth-order valence-corrected chi connectivity index (χ4v) is 8.20. The molecule has 1 aliphatic heterocycles. The Hall–Kier alpha value is -6.18. The highest BCUT2D eigenvalue weighted by Crippen LogP contribution is 2.48. The van der Waals surface area contributed by atoms with E-state index in [2.05, 4.69) is 182 Å². The summed E-state index contributed by atoms with van der Waals surface area (Å²) in [6, 6.07) is 57.7. The lowest BCUT2D eigenvalue weighted by Gasteiger charge is -2.19. The largest absolute Gasteiger partial charge is 0.484 e. The number of benzene rings is 8. The molecule has 0 aromatic heterocycles. The van der Waals surface area contributed by atoms with Crippen molar-refractivity contribution in [3.8, 4) is 50.3 Å². The maximum atomic E-state index is 6.57. The van der Waals surface area contributed by atoms with Crippen molar-refractivity contribution in [3.63, 3.8) is 0 Å². The average molecular weight is 625 g/mol. The van der Waals surface area contributed by atoms with Crippen molar-refractivity contribution in [1.29, 1.82) is 0 Å². The first kappa shape index (κ1) is 27.9. The molecule has 10 rings (SSSR count). The molecular formula is C48H32O. The molecule has 1 aliphatic carbocycles. The van der Waals surface area contributed by atoms with E-state index in [0.717, 1.165) is 11.3 Å². The molecule has 0 fully saturated rings. The maximum Gasteiger partial charge on any atom is 0.132 e. The molecule has 0 saturated heterocycles. The molecule has 49 heavy (non-hydrogen) atoms. The van der Waals surface area contributed by atoms with Crippen LogP contribution >= 0.6 is 0 Å². The second-order valence-electron chi connectivity index (χ2n) is 13.1. The van der Waals surface area contributed by atoms with Gasteiger partial charge in [0.1, 0.15) is 11.9 Å². The van der Waals surface area contributed by atoms with Crippen molar-refractivity contribution >= 4 is 32.3 Å². The van der Waals surface area contributed by atoms with Gasteiger partial charge in [-0.15, -0.1) is 0 Å². The predicted octanol–water partition coefficient (Wildman–Crippen LogP) is 12.8. The van der Waals surface area contributed by atoms with Gasteiger partial charge in [-0.2, -0.15) is 0 Å². The molecule has 2 atom stereocenters. The third-order valence-corrected chi connectivity index (χ3v) is 10.4. The number of hydrogen-bond acceptors (Lipinski definition) is 1. The molecule has 1 heteroatoms. The van der Waals surface area contributed by atoms with Gasteiger partial charge in [0.2, 0.25) is 0 Å². The zero-order valence-corrected chi connectivity index (χ0v) is 26.9. The first-order chi connectivity index (χ1) is 24.3. The summed E-state index contributed by atoms with van der Waals surface area (Å²) in [5.41, 5.74) is 11.0. The predicted molar refractivity (Wildman–Crippen MR) is 206 cm³/mol. The van der Waals surface area contributed by atoms with Crippen molar-refractivity contribution < 1.29 is 4.74 Å². The molecule has 0 bridgehead atoms. The van der Waals surface area contributed by atoms with Gasteiger partial charge in [-0.05, 0) is 89.5 Å². The fraction of sp³-hybridized carbons (Fsp3) is 0.0417. The highest BCUT2D eigenvalue weighted by Gasteiger charge is 2.33. The Morgan fingerprint density at radius 1 is 0.388 bits per heavy atom. The molecule has 8 aromatic carbocycles. The second-order valence-corrected chi connectivity index (χ2v) is 13.1. The van der Waals surface area contributed by atoms with Crippen molar-refractivity contribution in [3.05, 3.63) is 188 Å². The monoisotopic (exact) mass is 624 g/mol. The quantitative estimate of drug-likeness (QED) is 0.177. The van der Waals surface area contributed by atoms with Crippen LogP contribution in [0.2, 0.25) is 0 Å². The summed E-state index contributed by atoms with van der Waals surface area (Å²) in [6.45, 7) is 0. The number of para-hydroxylation sites is 1. The summed E-state index contributed by atoms with van der Waals surface area (Å²) in [7, 11) is 0. The lowest BCUT2D eigenvalue weighted by Crippen LogP contribution is -2.15. The molecule has 8 aromatic rings. The Morgan fingerprint density at radius 2 is 0.878 bits per heavy atom. The van der Waals surface area contributed by atoms with Gasteiger partial charge in [-0.3, -0.25) is 0 Å². The van der Waals surface area contributed by atoms with Gasteiger partial charge < -0.3 is 4.74 Å². The van der Waals surface area contributed by atoms with Gasteiger partial charge in [0.15, 0.2) is 0 Å². The van der Waals surface area contributed by atoms with E-state index >= 15 is 0 Å². The Labute approximate surface area is 286 Å². The normalized spacial score (nSPS) is 16.2. The van der Waals surface area contributed by atoms with Gasteiger partial charge in [0.05, 0.1) is 0 Å². The first-order valence-electron chi connectivity index (χ1n) is 17.1. The van der Waals surface area contributed by atoms with E-state index < -0.39 is 0 Å². The standard InChI is InChI=1S/C48H32O/c1-2-19-36-31(13-1)14-11-25-37(36)32-15-9-17-34(29-32)46-40-21-3-5-23-42(40)47(43-24-6-4-22-41(43)46)35-18-10-16-33(30-35)38-26-12-27-44-39-20-7-8-28-45(39)49-48(38)44/h1-30,39,45H. The average Bonchev–Trinajstić information content (AvgIpc) is 3.56. The van der Waals surface area contributed by atoms with Crippen LogP contribution in [0.3, 0.4) is 0 Å². The molecule has 0 radical (unpaired) electrons. The molecule has 2 unspecified atom stereocenters. The van der Waals surface area contributed by atoms with Gasteiger partial charge >= 0.3 is 0 Å². The first-order valence-corrected chi connectivity index (χ1v) is 17.1. The topological polar surface area (TPSA) is 9.23 Å². The molecule has 2 aliphatic rings. The van der Waals surface area contributed by atoms with Crippen molar-refractivity contribution in [1.82, 2.24) is 0 Å². The van der Waals surface area contributed by atoms with Crippen LogP contribution in [0.5, 0.6) is 5.75 Å². The number of ether oxygens (including phenoxy) is 1. The zero-order valence-electron chi connectivity index (χ0n) is 26.9. The number of allylic oxidation sites excluding steroid dienone is 2. The number of rotatable bonds is 4. The molecule has 1 heterocycles. The van der Waals surface area contributed by atoms with Crippen molar-refractivity contribution in [2.45, 2.75) is 12.0 Å². The summed E-state index contributed by atoms with van der Waals surface area (Å²) in [5, 5.41) is 7.53. The van der Waals surface area contributed by atoms with Crippen LogP contribution < -0.4 is 4.74 Å². The van der Waals surface area contributed by atoms with Crippen LogP contribution in [0.25, 0.3) is 76.8 Å². The lowest BCUT2D eigenvalue weighted by molar-refractivity contribution is 0.270. The maximum absolute atomic E-state index is 6.57. The zero-order chi connectivity index (χ0) is 32.3. The van der Waals surface area contributed by atoms with E-state index in [1.807, 2.05) is 0 Å². The van der Waals surface area contributed by atoms with Crippen molar-refractivity contribution in [2.75, 3.05) is 0 Å². The van der Waals surface area contributed by atoms with E-state index in [0.29, 0.717) is 0 Å². The molecular weight excluding hydrogens is 593 g/mol. The van der Waals surface area contributed by atoms with Gasteiger partial charge in [-0.25, -0.2) is 0 Å².